The van der Waals surface area contributed by atoms with Crippen LogP contribution in [0.1, 0.15) is 29.7 Å². The van der Waals surface area contributed by atoms with Crippen LogP contribution in [-0.4, -0.2) is 25.0 Å². The zero-order chi connectivity index (χ0) is 16.8. The minimum atomic E-state index is -0.0687. The summed E-state index contributed by atoms with van der Waals surface area (Å²) in [5, 5.41) is 0. The third-order valence-electron chi connectivity index (χ3n) is 3.98. The summed E-state index contributed by atoms with van der Waals surface area (Å²) in [4.78, 5) is 14.1. The monoisotopic (exact) mass is 309 g/mol. The van der Waals surface area contributed by atoms with Crippen LogP contribution in [0.15, 0.2) is 54.6 Å². The van der Waals surface area contributed by atoms with E-state index >= 15 is 0 Å². The van der Waals surface area contributed by atoms with E-state index in [2.05, 4.69) is 0 Å². The average Bonchev–Trinajstić information content (AvgIpc) is 2.58. The maximum absolute atomic E-state index is 12.4. The highest BCUT2D eigenvalue weighted by Crippen LogP contribution is 2.28. The summed E-state index contributed by atoms with van der Waals surface area (Å²) in [6.45, 7) is 4.03. The molecule has 1 amide bonds. The molecule has 3 nitrogen and oxygen atoms in total. The summed E-state index contributed by atoms with van der Waals surface area (Å²) in [5.74, 6) is 0.757. The fourth-order valence-electron chi connectivity index (χ4n) is 2.47. The van der Waals surface area contributed by atoms with Crippen molar-refractivity contribution in [1.82, 2.24) is 4.90 Å². The molecule has 0 saturated heterocycles. The van der Waals surface area contributed by atoms with Gasteiger partial charge in [0.15, 0.2) is 0 Å². The van der Waals surface area contributed by atoms with E-state index in [0.717, 1.165) is 16.9 Å². The number of ether oxygens (including phenoxy) is 1. The molecular weight excluding hydrogens is 286 g/mol. The van der Waals surface area contributed by atoms with Crippen LogP contribution in [-0.2, 0) is 4.79 Å². The highest BCUT2D eigenvalue weighted by molar-refractivity contribution is 5.91. The van der Waals surface area contributed by atoms with Gasteiger partial charge in [-0.3, -0.25) is 4.79 Å². The number of hydrogen-bond acceptors (Lipinski definition) is 2. The lowest BCUT2D eigenvalue weighted by atomic mass is 10.1. The third-order valence-corrected chi connectivity index (χ3v) is 3.98. The number of nitrogens with zero attached hydrogens (tertiary/aromatic N) is 1. The molecule has 1 atom stereocenters. The van der Waals surface area contributed by atoms with E-state index in [1.807, 2.05) is 68.5 Å². The number of likely N-dealkylation sites (N-methyl/N-ethyl adjacent to an activating group) is 1. The maximum atomic E-state index is 12.4. The van der Waals surface area contributed by atoms with E-state index < -0.39 is 0 Å². The Kier molecular flexibility index (Phi) is 5.58. The quantitative estimate of drug-likeness (QED) is 0.773. The van der Waals surface area contributed by atoms with Gasteiger partial charge in [-0.15, -0.1) is 0 Å². The standard InChI is InChI=1S/C20H23NO2/c1-15-8-7-9-17(14-15)12-13-20(22)21(3)16(2)18-10-5-6-11-19(18)23-4/h5-14,16H,1-4H3/b13-12+. The molecule has 0 aliphatic heterocycles. The first-order chi connectivity index (χ1) is 11.0. The van der Waals surface area contributed by atoms with E-state index in [1.165, 1.54) is 5.56 Å². The molecule has 0 saturated carbocycles. The van der Waals surface area contributed by atoms with Crippen LogP contribution >= 0.6 is 0 Å². The second-order valence-electron chi connectivity index (χ2n) is 5.61. The highest BCUT2D eigenvalue weighted by atomic mass is 16.5. The number of hydrogen-bond donors (Lipinski definition) is 0. The SMILES string of the molecule is COc1ccccc1C(C)N(C)C(=O)/C=C/c1cccc(C)c1. The van der Waals surface area contributed by atoms with Crippen LogP contribution in [0.4, 0.5) is 0 Å². The normalized spacial score (nSPS) is 12.2. The molecule has 0 radical (unpaired) electrons. The van der Waals surface area contributed by atoms with Crippen LogP contribution in [0, 0.1) is 6.92 Å². The molecule has 120 valence electrons. The third kappa shape index (κ3) is 4.22. The van der Waals surface area contributed by atoms with Crippen molar-refractivity contribution in [3.05, 3.63) is 71.3 Å². The lowest BCUT2D eigenvalue weighted by Crippen LogP contribution is -2.28. The van der Waals surface area contributed by atoms with Crippen LogP contribution in [0.25, 0.3) is 6.08 Å². The predicted octanol–water partition coefficient (Wildman–Crippen LogP) is 4.24. The summed E-state index contributed by atoms with van der Waals surface area (Å²) in [5.41, 5.74) is 3.20. The van der Waals surface area contributed by atoms with Crippen molar-refractivity contribution in [2.24, 2.45) is 0 Å². The van der Waals surface area contributed by atoms with Gasteiger partial charge in [0, 0.05) is 18.7 Å². The van der Waals surface area contributed by atoms with E-state index in [9.17, 15) is 4.79 Å². The molecule has 0 bridgehead atoms. The molecule has 2 aromatic carbocycles. The molecular formula is C20H23NO2. The van der Waals surface area contributed by atoms with Gasteiger partial charge in [0.05, 0.1) is 13.2 Å². The predicted molar refractivity (Wildman–Crippen MR) is 94.4 cm³/mol. The van der Waals surface area contributed by atoms with E-state index in [4.69, 9.17) is 4.74 Å². The first kappa shape index (κ1) is 16.8. The van der Waals surface area contributed by atoms with Crippen molar-refractivity contribution in [3.63, 3.8) is 0 Å². The van der Waals surface area contributed by atoms with Crippen molar-refractivity contribution < 1.29 is 9.53 Å². The van der Waals surface area contributed by atoms with E-state index in [-0.39, 0.29) is 11.9 Å². The number of benzene rings is 2. The molecule has 0 aliphatic carbocycles. The summed E-state index contributed by atoms with van der Waals surface area (Å²) < 4.78 is 5.38. The fourth-order valence-corrected chi connectivity index (χ4v) is 2.47. The van der Waals surface area contributed by atoms with Gasteiger partial charge in [-0.25, -0.2) is 0 Å². The highest BCUT2D eigenvalue weighted by Gasteiger charge is 2.18. The Balaban J connectivity index is 2.12. The first-order valence-corrected chi connectivity index (χ1v) is 7.67. The molecule has 1 unspecified atom stereocenters. The van der Waals surface area contributed by atoms with Crippen molar-refractivity contribution in [2.45, 2.75) is 19.9 Å². The van der Waals surface area contributed by atoms with Crippen molar-refractivity contribution in [1.29, 1.82) is 0 Å². The van der Waals surface area contributed by atoms with Gasteiger partial charge in [0.2, 0.25) is 5.91 Å². The maximum Gasteiger partial charge on any atom is 0.246 e. The van der Waals surface area contributed by atoms with Crippen LogP contribution < -0.4 is 4.74 Å². The molecule has 0 spiro atoms. The van der Waals surface area contributed by atoms with Crippen molar-refractivity contribution >= 4 is 12.0 Å². The number of amides is 1. The second kappa shape index (κ2) is 7.63. The average molecular weight is 309 g/mol. The van der Waals surface area contributed by atoms with Gasteiger partial charge in [0.1, 0.15) is 5.75 Å². The summed E-state index contributed by atoms with van der Waals surface area (Å²) in [6, 6.07) is 15.8. The summed E-state index contributed by atoms with van der Waals surface area (Å²) in [6.07, 6.45) is 3.46. The Labute approximate surface area is 138 Å². The zero-order valence-electron chi connectivity index (χ0n) is 14.1. The van der Waals surface area contributed by atoms with E-state index in [1.54, 1.807) is 25.1 Å². The number of aryl methyl sites for hydroxylation is 1. The van der Waals surface area contributed by atoms with Crippen LogP contribution in [0.5, 0.6) is 5.75 Å². The molecule has 23 heavy (non-hydrogen) atoms. The second-order valence-corrected chi connectivity index (χ2v) is 5.61. The number of carbonyl (C=O) groups excluding carboxylic acids is 1. The lowest BCUT2D eigenvalue weighted by molar-refractivity contribution is -0.126. The molecule has 2 aromatic rings. The minimum absolute atomic E-state index is 0.0371. The minimum Gasteiger partial charge on any atom is -0.496 e. The Morgan fingerprint density at radius 1 is 1.17 bits per heavy atom. The van der Waals surface area contributed by atoms with Crippen molar-refractivity contribution in [3.8, 4) is 5.75 Å². The number of para-hydroxylation sites is 1. The molecule has 0 N–H and O–H groups in total. The Bertz CT molecular complexity index is 706. The van der Waals surface area contributed by atoms with Gasteiger partial charge in [0.25, 0.3) is 0 Å². The number of rotatable bonds is 5. The first-order valence-electron chi connectivity index (χ1n) is 7.67. The molecule has 3 heteroatoms. The van der Waals surface area contributed by atoms with Gasteiger partial charge in [-0.1, -0.05) is 48.0 Å². The Morgan fingerprint density at radius 3 is 2.61 bits per heavy atom. The fraction of sp³-hybridized carbons (Fsp3) is 0.250. The Hall–Kier alpha value is -2.55. The molecule has 0 aromatic heterocycles. The number of methoxy groups -OCH3 is 1. The van der Waals surface area contributed by atoms with Gasteiger partial charge >= 0.3 is 0 Å². The van der Waals surface area contributed by atoms with E-state index in [0.29, 0.717) is 0 Å². The molecule has 2 rings (SSSR count). The summed E-state index contributed by atoms with van der Waals surface area (Å²) in [7, 11) is 3.45. The lowest BCUT2D eigenvalue weighted by Gasteiger charge is -2.25. The van der Waals surface area contributed by atoms with Gasteiger partial charge in [-0.2, -0.15) is 0 Å². The molecule has 0 fully saturated rings. The smallest absolute Gasteiger partial charge is 0.246 e. The zero-order valence-corrected chi connectivity index (χ0v) is 14.1. The topological polar surface area (TPSA) is 29.5 Å². The van der Waals surface area contributed by atoms with Gasteiger partial charge in [-0.05, 0) is 31.6 Å². The summed E-state index contributed by atoms with van der Waals surface area (Å²) >= 11 is 0. The van der Waals surface area contributed by atoms with Crippen LogP contribution in [0.3, 0.4) is 0 Å². The number of carbonyl (C=O) groups is 1. The Morgan fingerprint density at radius 2 is 1.91 bits per heavy atom. The van der Waals surface area contributed by atoms with Gasteiger partial charge < -0.3 is 9.64 Å². The molecule has 0 aliphatic rings. The van der Waals surface area contributed by atoms with Crippen molar-refractivity contribution in [2.75, 3.05) is 14.2 Å². The largest absolute Gasteiger partial charge is 0.496 e. The van der Waals surface area contributed by atoms with Crippen LogP contribution in [0.2, 0.25) is 0 Å². The molecule has 0 heterocycles.